The summed E-state index contributed by atoms with van der Waals surface area (Å²) in [7, 11) is 0. The molecule has 9 heteroatoms. The number of amides is 1. The number of ether oxygens (including phenoxy) is 4. The highest BCUT2D eigenvalue weighted by Crippen LogP contribution is 2.65. The third kappa shape index (κ3) is 2.92. The number of piperidine rings is 1. The van der Waals surface area contributed by atoms with Crippen molar-refractivity contribution >= 4 is 12.2 Å². The predicted molar refractivity (Wildman–Crippen MR) is 115 cm³/mol. The van der Waals surface area contributed by atoms with Gasteiger partial charge in [-0.3, -0.25) is 0 Å². The van der Waals surface area contributed by atoms with Crippen LogP contribution in [0.1, 0.15) is 30.4 Å². The van der Waals surface area contributed by atoms with Gasteiger partial charge in [-0.1, -0.05) is 31.4 Å². The third-order valence-corrected chi connectivity index (χ3v) is 7.49. The summed E-state index contributed by atoms with van der Waals surface area (Å²) in [6.07, 6.45) is 1.36. The maximum atomic E-state index is 12.8. The van der Waals surface area contributed by atoms with Crippen LogP contribution in [0.15, 0.2) is 37.4 Å². The SMILES string of the molecule is C=CCOC(=O)Oc1ccc2c3c1O[C@H]1C(O)CCC4(O)[C@@H](C2)N(C(=O)OCC=C)CC[C@]314. The van der Waals surface area contributed by atoms with E-state index in [1.807, 2.05) is 6.07 Å². The number of carbonyl (C=O) groups excluding carboxylic acids is 2. The zero-order valence-electron chi connectivity index (χ0n) is 18.2. The van der Waals surface area contributed by atoms with E-state index in [0.717, 1.165) is 11.1 Å². The van der Waals surface area contributed by atoms with Crippen LogP contribution in [0.3, 0.4) is 0 Å². The molecule has 4 aliphatic rings. The summed E-state index contributed by atoms with van der Waals surface area (Å²) in [5, 5.41) is 23.0. The molecule has 2 unspecified atom stereocenters. The number of benzene rings is 1. The highest BCUT2D eigenvalue weighted by atomic mass is 16.7. The summed E-state index contributed by atoms with van der Waals surface area (Å²) in [6, 6.07) is 2.89. The molecule has 0 aromatic heterocycles. The minimum Gasteiger partial charge on any atom is -0.482 e. The minimum absolute atomic E-state index is 0.00442. The second-order valence-corrected chi connectivity index (χ2v) is 8.95. The average Bonchev–Trinajstić information content (AvgIpc) is 3.15. The van der Waals surface area contributed by atoms with Gasteiger partial charge in [0.25, 0.3) is 0 Å². The fourth-order valence-electron chi connectivity index (χ4n) is 6.27. The molecule has 1 aromatic rings. The van der Waals surface area contributed by atoms with Crippen molar-refractivity contribution in [1.29, 1.82) is 0 Å². The van der Waals surface area contributed by atoms with Crippen LogP contribution in [-0.2, 0) is 21.3 Å². The lowest BCUT2D eigenvalue weighted by molar-refractivity contribution is -0.202. The Morgan fingerprint density at radius 2 is 1.97 bits per heavy atom. The number of rotatable bonds is 5. The zero-order valence-corrected chi connectivity index (χ0v) is 18.2. The van der Waals surface area contributed by atoms with Crippen LogP contribution in [0.25, 0.3) is 0 Å². The van der Waals surface area contributed by atoms with E-state index >= 15 is 0 Å². The van der Waals surface area contributed by atoms with E-state index in [1.54, 1.807) is 11.0 Å². The molecule has 5 rings (SSSR count). The molecule has 176 valence electrons. The van der Waals surface area contributed by atoms with Gasteiger partial charge >= 0.3 is 12.2 Å². The standard InChI is InChI=1S/C24H27NO8/c1-3-11-30-21(27)25-10-9-23-18-14-5-6-16(32-22(28)31-12-4-2)19(18)33-20(23)15(26)7-8-24(23,29)17(25)13-14/h3-6,15,17,20,26,29H,1-2,7-13H2/t15?,17-,20+,23+,24?/m1/s1. The normalized spacial score (nSPS) is 32.8. The fraction of sp³-hybridized carbons (Fsp3) is 0.500. The first kappa shape index (κ1) is 21.8. The number of nitrogens with zero attached hydrogens (tertiary/aromatic N) is 1. The van der Waals surface area contributed by atoms with Gasteiger partial charge in [-0.15, -0.1) is 0 Å². The first-order valence-corrected chi connectivity index (χ1v) is 11.1. The molecule has 0 radical (unpaired) electrons. The van der Waals surface area contributed by atoms with Crippen molar-refractivity contribution in [3.63, 3.8) is 0 Å². The number of carbonyl (C=O) groups is 2. The predicted octanol–water partition coefficient (Wildman–Crippen LogP) is 2.23. The molecule has 5 atom stereocenters. The molecule has 1 saturated heterocycles. The Labute approximate surface area is 191 Å². The van der Waals surface area contributed by atoms with Crippen molar-refractivity contribution in [3.8, 4) is 11.5 Å². The number of hydrogen-bond donors (Lipinski definition) is 2. The zero-order chi connectivity index (χ0) is 23.4. The van der Waals surface area contributed by atoms with Gasteiger partial charge in [0, 0.05) is 12.1 Å². The number of likely N-dealkylation sites (tertiary alicyclic amines) is 1. The van der Waals surface area contributed by atoms with Gasteiger partial charge < -0.3 is 34.1 Å². The van der Waals surface area contributed by atoms with Crippen molar-refractivity contribution < 1.29 is 38.7 Å². The summed E-state index contributed by atoms with van der Waals surface area (Å²) in [5.74, 6) is 0.515. The quantitative estimate of drug-likeness (QED) is 0.393. The topological polar surface area (TPSA) is 115 Å². The molecule has 2 fully saturated rings. The van der Waals surface area contributed by atoms with Gasteiger partial charge in [-0.2, -0.15) is 0 Å². The van der Waals surface area contributed by atoms with E-state index in [2.05, 4.69) is 13.2 Å². The van der Waals surface area contributed by atoms with E-state index in [1.165, 1.54) is 12.2 Å². The van der Waals surface area contributed by atoms with E-state index in [-0.39, 0.29) is 19.0 Å². The Hall–Kier alpha value is -3.04. The lowest BCUT2D eigenvalue weighted by Crippen LogP contribution is -2.77. The minimum atomic E-state index is -1.33. The average molecular weight is 457 g/mol. The van der Waals surface area contributed by atoms with E-state index in [4.69, 9.17) is 18.9 Å². The van der Waals surface area contributed by atoms with Crippen molar-refractivity contribution in [1.82, 2.24) is 4.90 Å². The highest BCUT2D eigenvalue weighted by Gasteiger charge is 2.73. The Balaban J connectivity index is 1.58. The summed E-state index contributed by atoms with van der Waals surface area (Å²) < 4.78 is 21.9. The van der Waals surface area contributed by atoms with Crippen LogP contribution in [0.2, 0.25) is 0 Å². The van der Waals surface area contributed by atoms with Crippen LogP contribution in [0.5, 0.6) is 11.5 Å². The second-order valence-electron chi connectivity index (χ2n) is 8.95. The fourth-order valence-corrected chi connectivity index (χ4v) is 6.27. The summed E-state index contributed by atoms with van der Waals surface area (Å²) >= 11 is 0. The largest absolute Gasteiger partial charge is 0.514 e. The van der Waals surface area contributed by atoms with Crippen LogP contribution in [-0.4, -0.2) is 71.0 Å². The molecule has 1 amide bonds. The Morgan fingerprint density at radius 3 is 2.73 bits per heavy atom. The molecular weight excluding hydrogens is 430 g/mol. The van der Waals surface area contributed by atoms with Gasteiger partial charge in [0.2, 0.25) is 0 Å². The second kappa shape index (κ2) is 7.78. The third-order valence-electron chi connectivity index (χ3n) is 7.49. The molecule has 1 aromatic carbocycles. The molecular formula is C24H27NO8. The summed E-state index contributed by atoms with van der Waals surface area (Å²) in [6.45, 7) is 7.50. The number of aliphatic hydroxyl groups is 2. The Kier molecular flexibility index (Phi) is 5.13. The molecule has 33 heavy (non-hydrogen) atoms. The first-order chi connectivity index (χ1) is 15.9. The maximum absolute atomic E-state index is 12.8. The van der Waals surface area contributed by atoms with E-state index < -0.39 is 41.5 Å². The molecule has 2 aliphatic heterocycles. The number of aliphatic hydroxyl groups excluding tert-OH is 1. The van der Waals surface area contributed by atoms with Crippen LogP contribution in [0, 0.1) is 0 Å². The van der Waals surface area contributed by atoms with Crippen molar-refractivity contribution in [2.24, 2.45) is 0 Å². The molecule has 9 nitrogen and oxygen atoms in total. The molecule has 1 saturated carbocycles. The lowest BCUT2D eigenvalue weighted by Gasteiger charge is -2.63. The Bertz CT molecular complexity index is 1020. The van der Waals surface area contributed by atoms with Gasteiger partial charge in [0.15, 0.2) is 11.5 Å². The van der Waals surface area contributed by atoms with Crippen molar-refractivity contribution in [2.75, 3.05) is 19.8 Å². The van der Waals surface area contributed by atoms with Gasteiger partial charge in [0.05, 0.1) is 23.2 Å². The number of hydrogen-bond acceptors (Lipinski definition) is 8. The molecule has 2 aliphatic carbocycles. The summed E-state index contributed by atoms with van der Waals surface area (Å²) in [4.78, 5) is 26.5. The van der Waals surface area contributed by atoms with Crippen LogP contribution in [0.4, 0.5) is 9.59 Å². The van der Waals surface area contributed by atoms with Crippen LogP contribution < -0.4 is 9.47 Å². The smallest absolute Gasteiger partial charge is 0.482 e. The lowest BCUT2D eigenvalue weighted by atomic mass is 9.48. The van der Waals surface area contributed by atoms with Gasteiger partial charge in [-0.05, 0) is 37.3 Å². The highest BCUT2D eigenvalue weighted by molar-refractivity contribution is 5.72. The summed E-state index contributed by atoms with van der Waals surface area (Å²) in [5.41, 5.74) is -0.636. The monoisotopic (exact) mass is 457 g/mol. The van der Waals surface area contributed by atoms with E-state index in [0.29, 0.717) is 38.0 Å². The molecule has 2 bridgehead atoms. The van der Waals surface area contributed by atoms with E-state index in [9.17, 15) is 19.8 Å². The van der Waals surface area contributed by atoms with Crippen LogP contribution >= 0.6 is 0 Å². The maximum Gasteiger partial charge on any atom is 0.514 e. The van der Waals surface area contributed by atoms with Gasteiger partial charge in [0.1, 0.15) is 19.3 Å². The van der Waals surface area contributed by atoms with Gasteiger partial charge in [-0.25, -0.2) is 9.59 Å². The Morgan fingerprint density at radius 1 is 1.21 bits per heavy atom. The first-order valence-electron chi connectivity index (χ1n) is 11.1. The molecule has 1 spiro atoms. The molecule has 2 heterocycles. The molecule has 2 N–H and O–H groups in total. The van der Waals surface area contributed by atoms with Crippen molar-refractivity contribution in [3.05, 3.63) is 48.6 Å². The van der Waals surface area contributed by atoms with Crippen molar-refractivity contribution in [2.45, 2.75) is 54.9 Å².